The fourth-order valence-corrected chi connectivity index (χ4v) is 2.77. The highest BCUT2D eigenvalue weighted by molar-refractivity contribution is 5.74. The summed E-state index contributed by atoms with van der Waals surface area (Å²) in [7, 11) is 0. The molecule has 3 unspecified atom stereocenters. The summed E-state index contributed by atoms with van der Waals surface area (Å²) in [4.78, 5) is 24.4. The summed E-state index contributed by atoms with van der Waals surface area (Å²) in [5.41, 5.74) is 0. The number of nitrogens with one attached hydrogen (secondary N) is 1. The van der Waals surface area contributed by atoms with Crippen LogP contribution in [0.2, 0.25) is 0 Å². The largest absolute Gasteiger partial charge is 0.480 e. The lowest BCUT2D eigenvalue weighted by atomic mass is 10.0. The van der Waals surface area contributed by atoms with E-state index in [-0.39, 0.29) is 5.91 Å². The number of carboxylic acid groups (broad SMARTS) is 1. The highest BCUT2D eigenvalue weighted by Crippen LogP contribution is 2.26. The molecule has 1 aliphatic heterocycles. The van der Waals surface area contributed by atoms with Crippen LogP contribution in [0.25, 0.3) is 0 Å². The van der Waals surface area contributed by atoms with E-state index in [4.69, 9.17) is 0 Å². The summed E-state index contributed by atoms with van der Waals surface area (Å²) in [6.45, 7) is 7.67. The van der Waals surface area contributed by atoms with Gasteiger partial charge in [0.2, 0.25) is 5.91 Å². The van der Waals surface area contributed by atoms with Crippen LogP contribution in [0, 0.1) is 11.8 Å². The van der Waals surface area contributed by atoms with Crippen LogP contribution >= 0.6 is 0 Å². The van der Waals surface area contributed by atoms with Crippen LogP contribution in [0.15, 0.2) is 12.2 Å². The van der Waals surface area contributed by atoms with Crippen LogP contribution in [0.3, 0.4) is 0 Å². The maximum Gasteiger partial charge on any atom is 0.320 e. The quantitative estimate of drug-likeness (QED) is 0.694. The van der Waals surface area contributed by atoms with Gasteiger partial charge >= 0.3 is 5.97 Å². The summed E-state index contributed by atoms with van der Waals surface area (Å²) >= 11 is 0. The van der Waals surface area contributed by atoms with Crippen molar-refractivity contribution in [1.82, 2.24) is 10.2 Å². The molecule has 0 aliphatic carbocycles. The van der Waals surface area contributed by atoms with Crippen LogP contribution < -0.4 is 5.32 Å². The number of amides is 1. The number of allylic oxidation sites excluding steroid dienone is 1. The molecule has 0 aromatic heterocycles. The first kappa shape index (κ1) is 16.7. The zero-order valence-electron chi connectivity index (χ0n) is 12.6. The average molecular weight is 282 g/mol. The summed E-state index contributed by atoms with van der Waals surface area (Å²) < 4.78 is 0. The molecule has 1 amide bonds. The molecule has 0 radical (unpaired) electrons. The Bertz CT molecular complexity index is 368. The molecular weight excluding hydrogens is 256 g/mol. The van der Waals surface area contributed by atoms with Crippen LogP contribution in [0.1, 0.15) is 33.6 Å². The summed E-state index contributed by atoms with van der Waals surface area (Å²) in [5, 5.41) is 12.2. The number of rotatable bonds is 7. The SMILES string of the molecule is C/C=C\C1CC(C(=O)O)N(CC(CC)CNC(C)=O)C1. The number of carboxylic acids is 1. The molecule has 1 rings (SSSR count). The van der Waals surface area contributed by atoms with E-state index in [1.807, 2.05) is 17.9 Å². The molecule has 2 N–H and O–H groups in total. The van der Waals surface area contributed by atoms with Crippen molar-refractivity contribution in [2.75, 3.05) is 19.6 Å². The van der Waals surface area contributed by atoms with Crippen molar-refractivity contribution in [3.05, 3.63) is 12.2 Å². The Morgan fingerprint density at radius 2 is 2.20 bits per heavy atom. The van der Waals surface area contributed by atoms with Crippen molar-refractivity contribution in [2.45, 2.75) is 39.7 Å². The van der Waals surface area contributed by atoms with E-state index < -0.39 is 12.0 Å². The summed E-state index contributed by atoms with van der Waals surface area (Å²) in [5.74, 6) is -0.165. The van der Waals surface area contributed by atoms with Crippen molar-refractivity contribution in [2.24, 2.45) is 11.8 Å². The number of likely N-dealkylation sites (tertiary alicyclic amines) is 1. The fraction of sp³-hybridized carbons (Fsp3) is 0.733. The third-order valence-corrected chi connectivity index (χ3v) is 3.90. The highest BCUT2D eigenvalue weighted by Gasteiger charge is 2.36. The van der Waals surface area contributed by atoms with Crippen LogP contribution in [-0.4, -0.2) is 47.6 Å². The maximum atomic E-state index is 11.4. The number of aliphatic carboxylic acids is 1. The Balaban J connectivity index is 2.61. The molecule has 1 saturated heterocycles. The molecule has 1 heterocycles. The Hall–Kier alpha value is -1.36. The minimum absolute atomic E-state index is 0.0357. The minimum Gasteiger partial charge on any atom is -0.480 e. The van der Waals surface area contributed by atoms with Gasteiger partial charge in [0.25, 0.3) is 0 Å². The Kier molecular flexibility index (Phi) is 6.71. The Morgan fingerprint density at radius 1 is 1.50 bits per heavy atom. The topological polar surface area (TPSA) is 69.6 Å². The Labute approximate surface area is 121 Å². The molecule has 0 aromatic rings. The molecule has 5 heteroatoms. The van der Waals surface area contributed by atoms with Gasteiger partial charge in [-0.3, -0.25) is 14.5 Å². The Morgan fingerprint density at radius 3 is 2.70 bits per heavy atom. The first-order valence-corrected chi connectivity index (χ1v) is 7.32. The second-order valence-corrected chi connectivity index (χ2v) is 5.54. The molecule has 20 heavy (non-hydrogen) atoms. The van der Waals surface area contributed by atoms with Crippen molar-refractivity contribution < 1.29 is 14.7 Å². The molecule has 3 atom stereocenters. The number of carbonyl (C=O) groups excluding carboxylic acids is 1. The molecule has 114 valence electrons. The van der Waals surface area contributed by atoms with Gasteiger partial charge in [-0.2, -0.15) is 0 Å². The van der Waals surface area contributed by atoms with Gasteiger partial charge in [-0.05, 0) is 25.2 Å². The molecule has 0 saturated carbocycles. The smallest absolute Gasteiger partial charge is 0.320 e. The van der Waals surface area contributed by atoms with Crippen molar-refractivity contribution in [1.29, 1.82) is 0 Å². The molecule has 0 bridgehead atoms. The standard InChI is InChI=1S/C15H26N2O3/c1-4-6-13-7-14(15(19)20)17(10-13)9-12(5-2)8-16-11(3)18/h4,6,12-14H,5,7-10H2,1-3H3,(H,16,18)(H,19,20)/b6-4-. The van der Waals surface area contributed by atoms with Crippen LogP contribution in [0.4, 0.5) is 0 Å². The van der Waals surface area contributed by atoms with E-state index in [0.717, 1.165) is 19.5 Å². The molecular formula is C15H26N2O3. The second kappa shape index (κ2) is 8.04. The number of hydrogen-bond donors (Lipinski definition) is 2. The number of hydrogen-bond acceptors (Lipinski definition) is 3. The highest BCUT2D eigenvalue weighted by atomic mass is 16.4. The summed E-state index contributed by atoms with van der Waals surface area (Å²) in [6.07, 6.45) is 5.68. The predicted octanol–water partition coefficient (Wildman–Crippen LogP) is 1.50. The van der Waals surface area contributed by atoms with Crippen molar-refractivity contribution in [3.63, 3.8) is 0 Å². The number of carbonyl (C=O) groups is 2. The molecule has 5 nitrogen and oxygen atoms in total. The lowest BCUT2D eigenvalue weighted by molar-refractivity contribution is -0.142. The van der Waals surface area contributed by atoms with Gasteiger partial charge in [-0.15, -0.1) is 0 Å². The third-order valence-electron chi connectivity index (χ3n) is 3.90. The maximum absolute atomic E-state index is 11.4. The predicted molar refractivity (Wildman–Crippen MR) is 78.4 cm³/mol. The van der Waals surface area contributed by atoms with Gasteiger partial charge in [-0.1, -0.05) is 25.5 Å². The lowest BCUT2D eigenvalue weighted by Crippen LogP contribution is -2.41. The van der Waals surface area contributed by atoms with Crippen molar-refractivity contribution in [3.8, 4) is 0 Å². The van der Waals surface area contributed by atoms with E-state index in [1.54, 1.807) is 0 Å². The van der Waals surface area contributed by atoms with Crippen LogP contribution in [-0.2, 0) is 9.59 Å². The van der Waals surface area contributed by atoms with Gasteiger partial charge in [0, 0.05) is 26.6 Å². The first-order valence-electron chi connectivity index (χ1n) is 7.32. The average Bonchev–Trinajstić information content (AvgIpc) is 2.77. The van der Waals surface area contributed by atoms with E-state index in [0.29, 0.717) is 24.8 Å². The monoisotopic (exact) mass is 282 g/mol. The molecule has 1 aliphatic rings. The second-order valence-electron chi connectivity index (χ2n) is 5.54. The fourth-order valence-electron chi connectivity index (χ4n) is 2.77. The van der Waals surface area contributed by atoms with E-state index >= 15 is 0 Å². The van der Waals surface area contributed by atoms with Gasteiger partial charge in [0.05, 0.1) is 0 Å². The van der Waals surface area contributed by atoms with Gasteiger partial charge < -0.3 is 10.4 Å². The van der Waals surface area contributed by atoms with E-state index in [2.05, 4.69) is 18.3 Å². The van der Waals surface area contributed by atoms with Crippen LogP contribution in [0.5, 0.6) is 0 Å². The third kappa shape index (κ3) is 4.96. The first-order chi connectivity index (χ1) is 9.47. The van der Waals surface area contributed by atoms with E-state index in [9.17, 15) is 14.7 Å². The van der Waals surface area contributed by atoms with Gasteiger partial charge in [0.1, 0.15) is 6.04 Å². The molecule has 0 spiro atoms. The molecule has 1 fully saturated rings. The van der Waals surface area contributed by atoms with E-state index in [1.165, 1.54) is 6.92 Å². The van der Waals surface area contributed by atoms with Crippen molar-refractivity contribution >= 4 is 11.9 Å². The van der Waals surface area contributed by atoms with Gasteiger partial charge in [-0.25, -0.2) is 0 Å². The number of nitrogens with zero attached hydrogens (tertiary/aromatic N) is 1. The zero-order chi connectivity index (χ0) is 15.1. The molecule has 0 aromatic carbocycles. The minimum atomic E-state index is -0.744. The summed E-state index contributed by atoms with van der Waals surface area (Å²) in [6, 6.07) is -0.400. The normalized spacial score (nSPS) is 24.9. The zero-order valence-corrected chi connectivity index (χ0v) is 12.6. The van der Waals surface area contributed by atoms with Gasteiger partial charge in [0.15, 0.2) is 0 Å². The lowest BCUT2D eigenvalue weighted by Gasteiger charge is -2.26.